The summed E-state index contributed by atoms with van der Waals surface area (Å²) in [6, 6.07) is 14.5. The highest BCUT2D eigenvalue weighted by atomic mass is 32.2. The van der Waals surface area contributed by atoms with Crippen molar-refractivity contribution in [1.82, 2.24) is 24.8 Å². The third-order valence-electron chi connectivity index (χ3n) is 6.30. The van der Waals surface area contributed by atoms with E-state index in [0.29, 0.717) is 44.8 Å². The van der Waals surface area contributed by atoms with Gasteiger partial charge in [-0.15, -0.1) is 5.10 Å². The van der Waals surface area contributed by atoms with Crippen molar-refractivity contribution in [2.24, 2.45) is 0 Å². The van der Waals surface area contributed by atoms with Crippen molar-refractivity contribution in [3.8, 4) is 0 Å². The van der Waals surface area contributed by atoms with Crippen molar-refractivity contribution in [1.29, 1.82) is 0 Å². The second kappa shape index (κ2) is 8.05. The van der Waals surface area contributed by atoms with Gasteiger partial charge in [-0.1, -0.05) is 47.7 Å². The molecule has 8 nitrogen and oxygen atoms in total. The van der Waals surface area contributed by atoms with Crippen molar-refractivity contribution >= 4 is 26.5 Å². The van der Waals surface area contributed by atoms with Gasteiger partial charge in [0.2, 0.25) is 0 Å². The van der Waals surface area contributed by atoms with Crippen LogP contribution in [0.25, 0.3) is 10.8 Å². The summed E-state index contributed by atoms with van der Waals surface area (Å²) in [4.78, 5) is 16.9. The Balaban J connectivity index is 1.23. The summed E-state index contributed by atoms with van der Waals surface area (Å²) < 4.78 is 25.2. The van der Waals surface area contributed by atoms with Gasteiger partial charge in [-0.25, -0.2) is 13.1 Å². The summed E-state index contributed by atoms with van der Waals surface area (Å²) in [6.45, 7) is 3.08. The van der Waals surface area contributed by atoms with E-state index >= 15 is 0 Å². The van der Waals surface area contributed by atoms with Gasteiger partial charge in [0.25, 0.3) is 5.91 Å². The van der Waals surface area contributed by atoms with E-state index in [4.69, 9.17) is 0 Å². The first-order valence-corrected chi connectivity index (χ1v) is 12.4. The zero-order valence-corrected chi connectivity index (χ0v) is 18.0. The Morgan fingerprint density at radius 2 is 1.81 bits per heavy atom. The lowest BCUT2D eigenvalue weighted by Gasteiger charge is -2.37. The van der Waals surface area contributed by atoms with E-state index in [1.54, 1.807) is 15.8 Å². The van der Waals surface area contributed by atoms with E-state index in [1.807, 2.05) is 18.2 Å². The Morgan fingerprint density at radius 1 is 1.03 bits per heavy atom. The largest absolute Gasteiger partial charge is 0.335 e. The molecule has 2 aliphatic rings. The number of aromatic nitrogens is 3. The van der Waals surface area contributed by atoms with Gasteiger partial charge in [-0.3, -0.25) is 9.69 Å². The lowest BCUT2D eigenvalue weighted by atomic mass is 10.0. The van der Waals surface area contributed by atoms with Crippen LogP contribution in [-0.4, -0.2) is 82.8 Å². The van der Waals surface area contributed by atoms with Gasteiger partial charge in [0.05, 0.1) is 24.2 Å². The molecule has 0 saturated carbocycles. The number of hydrogen-bond acceptors (Lipinski definition) is 6. The molecule has 162 valence electrons. The maximum atomic E-state index is 12.9. The summed E-state index contributed by atoms with van der Waals surface area (Å²) >= 11 is 0. The molecule has 2 fully saturated rings. The average Bonchev–Trinajstić information content (AvgIpc) is 3.40. The number of carbonyl (C=O) groups is 1. The fraction of sp³-hybridized carbons (Fsp3) is 0.409. The lowest BCUT2D eigenvalue weighted by molar-refractivity contribution is 0.0582. The third kappa shape index (κ3) is 4.20. The zero-order valence-electron chi connectivity index (χ0n) is 17.2. The standard InChI is InChI=1S/C22H25N5O3S/c28-22(26-11-9-25(10-12-26)19-8-13-31(29,30)16-19)21-15-27(24-23-21)14-18-6-3-5-17-4-1-2-7-20(17)18/h1-7,15,19H,8-14,16H2/t19-/m0/s1. The summed E-state index contributed by atoms with van der Waals surface area (Å²) in [5.74, 6) is 0.392. The van der Waals surface area contributed by atoms with E-state index in [2.05, 4.69) is 39.5 Å². The van der Waals surface area contributed by atoms with Crippen LogP contribution in [0.5, 0.6) is 0 Å². The minimum absolute atomic E-state index is 0.0869. The van der Waals surface area contributed by atoms with Crippen LogP contribution in [-0.2, 0) is 16.4 Å². The minimum atomic E-state index is -2.90. The van der Waals surface area contributed by atoms with E-state index in [-0.39, 0.29) is 23.5 Å². The lowest BCUT2D eigenvalue weighted by Crippen LogP contribution is -2.52. The normalized spacial score (nSPS) is 21.5. The van der Waals surface area contributed by atoms with Gasteiger partial charge < -0.3 is 4.90 Å². The molecule has 31 heavy (non-hydrogen) atoms. The second-order valence-corrected chi connectivity index (χ2v) is 10.6. The van der Waals surface area contributed by atoms with Crippen LogP contribution in [0.15, 0.2) is 48.7 Å². The van der Waals surface area contributed by atoms with Crippen molar-refractivity contribution in [3.63, 3.8) is 0 Å². The number of fused-ring (bicyclic) bond motifs is 1. The molecule has 3 heterocycles. The first kappa shape index (κ1) is 20.1. The molecule has 0 bridgehead atoms. The molecule has 0 unspecified atom stereocenters. The number of benzene rings is 2. The van der Waals surface area contributed by atoms with Crippen molar-refractivity contribution in [2.75, 3.05) is 37.7 Å². The number of rotatable bonds is 4. The van der Waals surface area contributed by atoms with Crippen LogP contribution in [0.4, 0.5) is 0 Å². The summed E-state index contributed by atoms with van der Waals surface area (Å²) in [5, 5.41) is 10.6. The van der Waals surface area contributed by atoms with Gasteiger partial charge in [0, 0.05) is 32.2 Å². The molecule has 0 spiro atoms. The van der Waals surface area contributed by atoms with Gasteiger partial charge in [-0.2, -0.15) is 0 Å². The number of carbonyl (C=O) groups excluding carboxylic acids is 1. The molecule has 1 amide bonds. The highest BCUT2D eigenvalue weighted by Crippen LogP contribution is 2.21. The Labute approximate surface area is 181 Å². The molecule has 2 aliphatic heterocycles. The summed E-state index contributed by atoms with van der Waals surface area (Å²) in [5.41, 5.74) is 1.47. The smallest absolute Gasteiger partial charge is 0.276 e. The number of amides is 1. The van der Waals surface area contributed by atoms with Crippen LogP contribution >= 0.6 is 0 Å². The Morgan fingerprint density at radius 3 is 2.58 bits per heavy atom. The van der Waals surface area contributed by atoms with Crippen molar-refractivity contribution in [3.05, 3.63) is 59.9 Å². The van der Waals surface area contributed by atoms with Gasteiger partial charge in [0.1, 0.15) is 0 Å². The fourth-order valence-corrected chi connectivity index (χ4v) is 6.36. The predicted molar refractivity (Wildman–Crippen MR) is 118 cm³/mol. The Hall–Kier alpha value is -2.78. The Bertz CT molecular complexity index is 1210. The van der Waals surface area contributed by atoms with Crippen LogP contribution in [0.1, 0.15) is 22.5 Å². The van der Waals surface area contributed by atoms with Crippen LogP contribution in [0, 0.1) is 0 Å². The van der Waals surface area contributed by atoms with Gasteiger partial charge >= 0.3 is 0 Å². The van der Waals surface area contributed by atoms with Crippen LogP contribution < -0.4 is 0 Å². The molecular formula is C22H25N5O3S. The van der Waals surface area contributed by atoms with E-state index in [1.165, 1.54) is 10.8 Å². The number of sulfone groups is 1. The maximum Gasteiger partial charge on any atom is 0.276 e. The molecule has 1 atom stereocenters. The number of nitrogens with zero attached hydrogens (tertiary/aromatic N) is 5. The molecule has 2 saturated heterocycles. The Kier molecular flexibility index (Phi) is 5.23. The topological polar surface area (TPSA) is 88.4 Å². The third-order valence-corrected chi connectivity index (χ3v) is 8.05. The quantitative estimate of drug-likeness (QED) is 0.611. The maximum absolute atomic E-state index is 12.9. The average molecular weight is 440 g/mol. The van der Waals surface area contributed by atoms with Crippen LogP contribution in [0.2, 0.25) is 0 Å². The summed E-state index contributed by atoms with van der Waals surface area (Å²) in [7, 11) is -2.90. The fourth-order valence-electron chi connectivity index (χ4n) is 4.59. The van der Waals surface area contributed by atoms with Crippen LogP contribution in [0.3, 0.4) is 0 Å². The second-order valence-electron chi connectivity index (χ2n) is 8.32. The SMILES string of the molecule is O=C(c1cn(Cc2cccc3ccccc23)nn1)N1CCN([C@H]2CCS(=O)(=O)C2)CC1. The predicted octanol–water partition coefficient (Wildman–Crippen LogP) is 1.42. The molecule has 0 radical (unpaired) electrons. The molecule has 0 N–H and O–H groups in total. The first-order chi connectivity index (χ1) is 15.0. The van der Waals surface area contributed by atoms with Gasteiger partial charge in [0.15, 0.2) is 15.5 Å². The molecular weight excluding hydrogens is 414 g/mol. The van der Waals surface area contributed by atoms with E-state index < -0.39 is 9.84 Å². The molecule has 3 aromatic rings. The van der Waals surface area contributed by atoms with E-state index in [9.17, 15) is 13.2 Å². The van der Waals surface area contributed by atoms with Gasteiger partial charge in [-0.05, 0) is 22.8 Å². The zero-order chi connectivity index (χ0) is 21.4. The van der Waals surface area contributed by atoms with Crippen molar-refractivity contribution in [2.45, 2.75) is 19.0 Å². The summed E-state index contributed by atoms with van der Waals surface area (Å²) in [6.07, 6.45) is 2.40. The van der Waals surface area contributed by atoms with Crippen molar-refractivity contribution < 1.29 is 13.2 Å². The minimum Gasteiger partial charge on any atom is -0.335 e. The molecule has 1 aromatic heterocycles. The molecule has 5 rings (SSSR count). The molecule has 0 aliphatic carbocycles. The molecule has 9 heteroatoms. The first-order valence-electron chi connectivity index (χ1n) is 10.6. The highest BCUT2D eigenvalue weighted by molar-refractivity contribution is 7.91. The number of piperazine rings is 1. The monoisotopic (exact) mass is 439 g/mol. The molecule has 2 aromatic carbocycles. The highest BCUT2D eigenvalue weighted by Gasteiger charge is 2.34. The van der Waals surface area contributed by atoms with E-state index in [0.717, 1.165) is 5.56 Å². The number of hydrogen-bond donors (Lipinski definition) is 0.